The Hall–Kier alpha value is -6.56. The van der Waals surface area contributed by atoms with E-state index in [-0.39, 0.29) is 69.0 Å². The number of ether oxygens (including phenoxy) is 2. The van der Waals surface area contributed by atoms with Crippen LogP contribution in [0.2, 0.25) is 0 Å². The van der Waals surface area contributed by atoms with Gasteiger partial charge in [-0.25, -0.2) is 9.78 Å². The zero-order valence-electron chi connectivity index (χ0n) is 33.0. The topological polar surface area (TPSA) is 246 Å². The lowest BCUT2D eigenvalue weighted by molar-refractivity contribution is -0.172. The fourth-order valence-electron chi connectivity index (χ4n) is 7.72. The van der Waals surface area contributed by atoms with Gasteiger partial charge in [0.15, 0.2) is 5.60 Å². The molecule has 3 aromatic heterocycles. The first kappa shape index (κ1) is 41.6. The molecule has 60 heavy (non-hydrogen) atoms. The highest BCUT2D eigenvalue weighted by Crippen LogP contribution is 2.41. The highest BCUT2D eigenvalue weighted by molar-refractivity contribution is 6.08. The van der Waals surface area contributed by atoms with Crippen LogP contribution in [0.5, 0.6) is 0 Å². The van der Waals surface area contributed by atoms with E-state index in [9.17, 15) is 33.9 Å². The van der Waals surface area contributed by atoms with Crippen molar-refractivity contribution in [2.75, 3.05) is 33.0 Å². The Balaban J connectivity index is 0.971. The van der Waals surface area contributed by atoms with E-state index >= 15 is 0 Å². The molecule has 0 spiro atoms. The monoisotopic (exact) mass is 818 g/mol. The minimum atomic E-state index is -1.93. The third-order valence-corrected chi connectivity index (χ3v) is 10.9. The molecule has 17 heteroatoms. The van der Waals surface area contributed by atoms with Gasteiger partial charge in [-0.3, -0.25) is 29.0 Å². The molecule has 17 nitrogen and oxygen atoms in total. The average Bonchev–Trinajstić information content (AvgIpc) is 3.64. The van der Waals surface area contributed by atoms with Gasteiger partial charge in [-0.1, -0.05) is 43.3 Å². The van der Waals surface area contributed by atoms with Crippen molar-refractivity contribution in [3.8, 4) is 11.4 Å². The fourth-order valence-corrected chi connectivity index (χ4v) is 7.72. The van der Waals surface area contributed by atoms with Gasteiger partial charge in [0.25, 0.3) is 5.56 Å². The lowest BCUT2D eigenvalue weighted by Crippen LogP contribution is -2.52. The van der Waals surface area contributed by atoms with Crippen molar-refractivity contribution in [3.63, 3.8) is 0 Å². The van der Waals surface area contributed by atoms with Gasteiger partial charge in [0.2, 0.25) is 23.6 Å². The molecule has 312 valence electrons. The number of esters is 1. The number of benzene rings is 2. The van der Waals surface area contributed by atoms with Gasteiger partial charge < -0.3 is 46.1 Å². The minimum Gasteiger partial charge on any atom is -0.458 e. The molecular formula is C43H46N8O9. The molecule has 0 radical (unpaired) electrons. The molecule has 7 N–H and O–H groups in total. The lowest BCUT2D eigenvalue weighted by atomic mass is 9.86. The van der Waals surface area contributed by atoms with Crippen LogP contribution in [0.4, 0.5) is 0 Å². The quantitative estimate of drug-likeness (QED) is 0.0326. The number of rotatable bonds is 17. The molecule has 0 unspecified atom stereocenters. The summed E-state index contributed by atoms with van der Waals surface area (Å²) in [5, 5.41) is 23.3. The number of hydrogen-bond acceptors (Lipinski definition) is 12. The summed E-state index contributed by atoms with van der Waals surface area (Å²) in [6.07, 6.45) is 3.87. The maximum absolute atomic E-state index is 13.9. The predicted molar refractivity (Wildman–Crippen MR) is 219 cm³/mol. The molecule has 2 aliphatic rings. The Morgan fingerprint density at radius 3 is 2.52 bits per heavy atom. The van der Waals surface area contributed by atoms with E-state index in [1.165, 1.54) is 0 Å². The zero-order chi connectivity index (χ0) is 42.4. The Bertz CT molecular complexity index is 2540. The van der Waals surface area contributed by atoms with Crippen LogP contribution in [0.3, 0.4) is 0 Å². The number of nitrogens with zero attached hydrogens (tertiary/aromatic N) is 3. The van der Waals surface area contributed by atoms with Crippen LogP contribution in [0, 0.1) is 0 Å². The second-order valence-electron chi connectivity index (χ2n) is 14.7. The maximum atomic E-state index is 13.9. The predicted octanol–water partition coefficient (Wildman–Crippen LogP) is 0.959. The zero-order valence-corrected chi connectivity index (χ0v) is 33.0. The SMILES string of the molecule is CC[C@@]1(O)C(=O)OCc2c1cc1n(c2=O)Cc2c-1nc1ccc3ncccc3c1c2CCCCOCNC(=O)CNC(=O)[C@H](Cc1ccccc1)NC(=O)CNC(=O)CN. The summed E-state index contributed by atoms with van der Waals surface area (Å²) >= 11 is 0. The highest BCUT2D eigenvalue weighted by atomic mass is 16.6. The number of amides is 4. The van der Waals surface area contributed by atoms with Gasteiger partial charge in [0, 0.05) is 41.1 Å². The van der Waals surface area contributed by atoms with E-state index < -0.39 is 41.2 Å². The molecule has 0 bridgehead atoms. The summed E-state index contributed by atoms with van der Waals surface area (Å²) in [5.41, 5.74) is 8.88. The number of cyclic esters (lactones) is 1. The number of nitrogens with one attached hydrogen (secondary N) is 4. The number of fused-ring (bicyclic) bond motifs is 7. The molecule has 4 amide bonds. The number of carbonyl (C=O) groups is 5. The van der Waals surface area contributed by atoms with Gasteiger partial charge in [0.1, 0.15) is 19.4 Å². The van der Waals surface area contributed by atoms with Crippen LogP contribution < -0.4 is 32.6 Å². The van der Waals surface area contributed by atoms with Crippen LogP contribution in [-0.4, -0.2) is 88.3 Å². The lowest BCUT2D eigenvalue weighted by Gasteiger charge is -2.31. The number of aryl methyl sites for hydroxylation is 1. The third kappa shape index (κ3) is 8.59. The van der Waals surface area contributed by atoms with E-state index in [4.69, 9.17) is 20.2 Å². The number of unbranched alkanes of at least 4 members (excludes halogenated alkanes) is 1. The van der Waals surface area contributed by atoms with Gasteiger partial charge >= 0.3 is 5.97 Å². The standard InChI is InChI=1S/C43H46N8O9/c1-2-43(58)30-18-34-39-28(22-51(34)41(56)29(30)23-60-42(43)57)26(38-27-12-8-15-45-31(27)13-14-32(38)50-39)11-6-7-16-59-24-48-36(53)20-47-40(55)33(17-25-9-4-3-5-10-25)49-37(54)21-46-35(52)19-44/h3-5,8-10,12-15,18,33,58H,2,6-7,11,16-17,19-24,44H2,1H3,(H,46,52)(H,47,55)(H,48,53)(H,49,54)/t33-,43-/m0/s1. The molecule has 5 aromatic rings. The smallest absolute Gasteiger partial charge is 0.343 e. The first-order chi connectivity index (χ1) is 29.0. The van der Waals surface area contributed by atoms with Crippen LogP contribution in [0.15, 0.2) is 71.7 Å². The molecule has 2 atom stereocenters. The molecule has 5 heterocycles. The maximum Gasteiger partial charge on any atom is 0.343 e. The third-order valence-electron chi connectivity index (χ3n) is 10.9. The van der Waals surface area contributed by atoms with E-state index in [2.05, 4.69) is 26.3 Å². The van der Waals surface area contributed by atoms with Crippen molar-refractivity contribution in [3.05, 3.63) is 105 Å². The molecule has 0 fully saturated rings. The average molecular weight is 819 g/mol. The fraction of sp³-hybridized carbons (Fsp3) is 0.349. The summed E-state index contributed by atoms with van der Waals surface area (Å²) in [5.74, 6) is -2.95. The molecule has 0 saturated carbocycles. The molecule has 2 aromatic carbocycles. The van der Waals surface area contributed by atoms with Crippen LogP contribution in [0.1, 0.15) is 54.0 Å². The van der Waals surface area contributed by atoms with Crippen LogP contribution in [-0.2, 0) is 65.0 Å². The summed E-state index contributed by atoms with van der Waals surface area (Å²) < 4.78 is 12.6. The first-order valence-corrected chi connectivity index (χ1v) is 19.8. The molecule has 0 aliphatic carbocycles. The number of aromatic nitrogens is 3. The van der Waals surface area contributed by atoms with E-state index in [0.29, 0.717) is 37.3 Å². The Kier molecular flexibility index (Phi) is 12.6. The van der Waals surface area contributed by atoms with E-state index in [1.807, 2.05) is 30.3 Å². The van der Waals surface area contributed by atoms with Gasteiger partial charge in [0.05, 0.1) is 54.2 Å². The van der Waals surface area contributed by atoms with Crippen molar-refractivity contribution in [1.29, 1.82) is 0 Å². The van der Waals surface area contributed by atoms with Crippen molar-refractivity contribution in [2.24, 2.45) is 5.73 Å². The molecule has 7 rings (SSSR count). The Labute approximate surface area is 344 Å². The second kappa shape index (κ2) is 18.1. The van der Waals surface area contributed by atoms with Crippen molar-refractivity contribution in [2.45, 2.75) is 63.8 Å². The molecule has 0 saturated heterocycles. The van der Waals surface area contributed by atoms with Crippen molar-refractivity contribution >= 4 is 51.4 Å². The normalized spacial score (nSPS) is 15.7. The number of carbonyl (C=O) groups excluding carboxylic acids is 5. The van der Waals surface area contributed by atoms with Gasteiger partial charge in [-0.15, -0.1) is 0 Å². The number of aliphatic hydroxyl groups is 1. The van der Waals surface area contributed by atoms with Crippen LogP contribution in [0.25, 0.3) is 33.2 Å². The van der Waals surface area contributed by atoms with E-state index in [0.717, 1.165) is 38.5 Å². The highest BCUT2D eigenvalue weighted by Gasteiger charge is 2.45. The van der Waals surface area contributed by atoms with Crippen LogP contribution >= 0.6 is 0 Å². The number of hydrogen-bond donors (Lipinski definition) is 6. The molecule has 2 aliphatic heterocycles. The number of nitrogens with two attached hydrogens (primary N) is 1. The molecular weight excluding hydrogens is 773 g/mol. The number of pyridine rings is 3. The Morgan fingerprint density at radius 1 is 0.950 bits per heavy atom. The Morgan fingerprint density at radius 2 is 1.73 bits per heavy atom. The van der Waals surface area contributed by atoms with Crippen molar-refractivity contribution < 1.29 is 38.6 Å². The summed E-state index contributed by atoms with van der Waals surface area (Å²) in [6, 6.07) is 17.4. The first-order valence-electron chi connectivity index (χ1n) is 19.8. The van der Waals surface area contributed by atoms with E-state index in [1.54, 1.807) is 48.0 Å². The van der Waals surface area contributed by atoms with Gasteiger partial charge in [-0.05, 0) is 61.1 Å². The second-order valence-corrected chi connectivity index (χ2v) is 14.7. The largest absolute Gasteiger partial charge is 0.458 e. The summed E-state index contributed by atoms with van der Waals surface area (Å²) in [7, 11) is 0. The summed E-state index contributed by atoms with van der Waals surface area (Å²) in [6.45, 7) is 0.948. The van der Waals surface area contributed by atoms with Gasteiger partial charge in [-0.2, -0.15) is 0 Å². The van der Waals surface area contributed by atoms with Crippen molar-refractivity contribution in [1.82, 2.24) is 35.8 Å². The minimum absolute atomic E-state index is 0.0448. The summed E-state index contributed by atoms with van der Waals surface area (Å²) in [4.78, 5) is 85.8.